The molecule has 3 N–H and O–H groups in total. The molecule has 1 fully saturated rings. The van der Waals surface area contributed by atoms with E-state index in [4.69, 9.17) is 10.2 Å². The van der Waals surface area contributed by atoms with Gasteiger partial charge >= 0.3 is 0 Å². The minimum absolute atomic E-state index is 0.0537. The van der Waals surface area contributed by atoms with E-state index < -0.39 is 11.6 Å². The number of rotatable bonds is 3. The second kappa shape index (κ2) is 79.9. The summed E-state index contributed by atoms with van der Waals surface area (Å²) in [5.74, 6) is 0.920. The quantitative estimate of drug-likeness (QED) is 0.0715. The zero-order valence-electron chi connectivity index (χ0n) is 77.1. The third-order valence-corrected chi connectivity index (χ3v) is 42.7. The van der Waals surface area contributed by atoms with Crippen molar-refractivity contribution in [3.05, 3.63) is 432 Å². The van der Waals surface area contributed by atoms with Gasteiger partial charge in [-0.2, -0.15) is 0 Å². The monoisotopic (exact) mass is 4670 g/mol. The Morgan fingerprint density at radius 2 is 0.612 bits per heavy atom. The predicted molar refractivity (Wildman–Crippen MR) is 811 cm³/mol. The molecule has 16 rings (SSSR count). The molecule has 744 valence electrons. The van der Waals surface area contributed by atoms with Gasteiger partial charge in [0.15, 0.2) is 0 Å². The summed E-state index contributed by atoms with van der Waals surface area (Å²) in [7, 11) is 0. The highest BCUT2D eigenvalue weighted by atomic mass is 127. The maximum absolute atomic E-state index is 12.6. The SMILES string of the molecule is CC(C)(I)c1ccc(I)cc1.CC(C)C(C)I.Cc1c(C)c(I)c(C)c(C)c1I.Cc1cc(C)c(I)c(C)c1.Fc1cc(I)cc(F)c1I.IC1CCCCC1.Ic1ccc(I)cc1.Ic1ccc2ccccc2c1.Ic1cccc(I)c1.Ic1ccccc1.Ic1ccccc1-c1ccccc1I.Ic1ccccc1I.Oc1c(I)cc(I)cc1I.Oc1ccc(I)cc1.Oc1ccc(I)cc1I. The Morgan fingerprint density at radius 3 is 0.942 bits per heavy atom. The van der Waals surface area contributed by atoms with Crippen LogP contribution in [0.4, 0.5) is 8.78 Å². The van der Waals surface area contributed by atoms with Gasteiger partial charge in [0.2, 0.25) is 0 Å². The maximum atomic E-state index is 12.6. The van der Waals surface area contributed by atoms with Gasteiger partial charge in [-0.05, 0) is 809 Å². The fourth-order valence-corrected chi connectivity index (χ4v) is 25.9. The number of alkyl halides is 3. The lowest BCUT2D eigenvalue weighted by molar-refractivity contribution is 0.467. The van der Waals surface area contributed by atoms with Crippen LogP contribution in [0.25, 0.3) is 21.9 Å². The second-order valence-electron chi connectivity index (χ2n) is 30.5. The van der Waals surface area contributed by atoms with Crippen molar-refractivity contribution in [2.75, 3.05) is 0 Å². The van der Waals surface area contributed by atoms with Crippen molar-refractivity contribution in [2.45, 2.75) is 126 Å². The molecule has 15 aromatic carbocycles. The number of hydrogen-bond donors (Lipinski definition) is 3. The lowest BCUT2D eigenvalue weighted by atomic mass is 10.0. The van der Waals surface area contributed by atoms with Gasteiger partial charge in [-0.1, -0.05) is 241 Å². The molecule has 1 aliphatic carbocycles. The highest BCUT2D eigenvalue weighted by Crippen LogP contribution is 2.34. The van der Waals surface area contributed by atoms with E-state index in [1.165, 1.54) is 161 Å². The molecule has 3 nitrogen and oxygen atoms in total. The summed E-state index contributed by atoms with van der Waals surface area (Å²) < 4.78 is 52.6. The third kappa shape index (κ3) is 63.5. The minimum atomic E-state index is -0.495. The molecule has 1 unspecified atom stereocenters. The molecule has 1 saturated carbocycles. The smallest absolute Gasteiger partial charge is 0.142 e. The Labute approximate surface area is 1170 Å². The van der Waals surface area contributed by atoms with Crippen LogP contribution in [0.3, 0.4) is 0 Å². The molecule has 15 aromatic rings. The molecule has 0 spiro atoms. The number of phenols is 3. The first kappa shape index (κ1) is 141. The number of aromatic hydroxyl groups is 3. The van der Waals surface area contributed by atoms with Crippen LogP contribution in [-0.2, 0) is 3.42 Å². The van der Waals surface area contributed by atoms with Gasteiger partial charge in [0.1, 0.15) is 28.9 Å². The first-order valence-electron chi connectivity index (χ1n) is 41.9. The van der Waals surface area contributed by atoms with Crippen LogP contribution in [0.15, 0.2) is 297 Å². The Hall–Kier alpha value is 6.07. The summed E-state index contributed by atoms with van der Waals surface area (Å²) in [6, 6.07) is 99.2. The van der Waals surface area contributed by atoms with E-state index in [0.717, 1.165) is 35.2 Å². The largest absolute Gasteiger partial charge is 0.508 e. The van der Waals surface area contributed by atoms with Crippen molar-refractivity contribution in [2.24, 2.45) is 5.92 Å². The van der Waals surface area contributed by atoms with Crippen molar-refractivity contribution < 1.29 is 24.1 Å². The number of phenolic OH excluding ortho intramolecular Hbond substituents is 3. The van der Waals surface area contributed by atoms with E-state index in [0.29, 0.717) is 20.8 Å². The first-order chi connectivity index (χ1) is 65.2. The van der Waals surface area contributed by atoms with Gasteiger partial charge < -0.3 is 15.3 Å². The molecule has 30 heteroatoms. The summed E-state index contributed by atoms with van der Waals surface area (Å²) in [6.45, 7) is 26.4. The standard InChI is InChI=1S/C12H8I2.C10H12I2.C10H7I.C9H10I2.C9H11I.C6H2F2I2.C6H3I3O.C6H4I2O.3C6H4I2.C6H5IO.C6H11I.C6H5I.C5H11I/c13-11-7-3-1-5-9(11)10-6-2-4-8-12(10)14;1-5-6(2)10(12)8(4)7(3)9(5)11;11-10-6-5-8-3-1-2-4-9(8)7-10;1-9(2,11)7-3-5-8(10)6-4-7;1-6-4-7(2)9(10)8(3)5-6;7-4-1-3(9)2-5(8)6(4)10;7-3-1-4(8)6(10)5(9)2-3;7-4-1-2-6(9)5(8)3-4;7-5-1-2-6(8)4-3-5;7-5-2-1-3-6(8)4-5;7-5-3-1-2-4-6(5)8;7-5-1-3-6(8)4-2-5;2*7-6-4-2-1-3-5-6;1-4(2)5(3)6/h1-8H;1-4H3;1-7H;3-6H,1-2H3;4-5H,1-3H3;1-2H;1-2,10H;1-3,9H;3*1-4H;1-4,8H;6H,1-5H2;1-5H;4-5H,1-3H3. The van der Waals surface area contributed by atoms with Gasteiger partial charge in [0.05, 0.1) is 14.3 Å². The molecule has 0 amide bonds. The highest BCUT2D eigenvalue weighted by molar-refractivity contribution is 14.1. The summed E-state index contributed by atoms with van der Waals surface area (Å²) >= 11 is 56.6. The normalized spacial score (nSPS) is 10.9. The number of fused-ring (bicyclic) bond motifs is 1. The van der Waals surface area contributed by atoms with Crippen molar-refractivity contribution in [1.82, 2.24) is 0 Å². The van der Waals surface area contributed by atoms with Crippen molar-refractivity contribution >= 4 is 576 Å². The number of hydrogen-bond acceptors (Lipinski definition) is 3. The molecule has 0 aromatic heterocycles. The molecular formula is C109H101F2I25O3. The summed E-state index contributed by atoms with van der Waals surface area (Å²) in [4.78, 5) is 0. The second-order valence-corrected chi connectivity index (χ2v) is 63.1. The predicted octanol–water partition coefficient (Wildman–Crippen LogP) is 46.5. The van der Waals surface area contributed by atoms with Gasteiger partial charge in [0.25, 0.3) is 0 Å². The zero-order chi connectivity index (χ0) is 105. The average molecular weight is 4670 g/mol. The maximum Gasteiger partial charge on any atom is 0.142 e. The lowest BCUT2D eigenvalue weighted by Gasteiger charge is -2.16. The fourth-order valence-electron chi connectivity index (χ4n) is 10.5. The van der Waals surface area contributed by atoms with Crippen molar-refractivity contribution in [1.29, 1.82) is 0 Å². The van der Waals surface area contributed by atoms with Gasteiger partial charge in [-0.25, -0.2) is 8.78 Å². The highest BCUT2D eigenvalue weighted by Gasteiger charge is 2.16. The molecular weight excluding hydrogens is 4570 g/mol. The summed E-state index contributed by atoms with van der Waals surface area (Å²) in [6.07, 6.45) is 7.39. The lowest BCUT2D eigenvalue weighted by Crippen LogP contribution is -2.05. The molecule has 0 heterocycles. The average Bonchev–Trinajstić information content (AvgIpc) is 0.805. The van der Waals surface area contributed by atoms with Gasteiger partial charge in [-0.3, -0.25) is 0 Å². The molecule has 1 atom stereocenters. The number of benzene rings is 15. The summed E-state index contributed by atoms with van der Waals surface area (Å²) in [5.41, 5.74) is 13.9. The number of halogens is 27. The third-order valence-electron chi connectivity index (χ3n) is 18.6. The van der Waals surface area contributed by atoms with Crippen LogP contribution in [-0.4, -0.2) is 23.2 Å². The fraction of sp³-hybridized carbons (Fsp3) is 0.193. The van der Waals surface area contributed by atoms with Crippen LogP contribution in [0, 0.1) is 145 Å². The molecule has 0 bridgehead atoms. The van der Waals surface area contributed by atoms with Crippen LogP contribution >= 0.6 is 565 Å². The van der Waals surface area contributed by atoms with E-state index in [9.17, 15) is 13.9 Å². The van der Waals surface area contributed by atoms with Gasteiger partial charge in [-0.15, -0.1) is 0 Å². The van der Waals surface area contributed by atoms with Crippen LogP contribution < -0.4 is 0 Å². The molecule has 0 radical (unpaired) electrons. The Morgan fingerprint density at radius 1 is 0.295 bits per heavy atom. The Balaban J connectivity index is 0.000000506. The minimum Gasteiger partial charge on any atom is -0.508 e. The number of aryl methyl sites for hydroxylation is 3. The summed E-state index contributed by atoms with van der Waals surface area (Å²) in [5, 5.41) is 29.7. The van der Waals surface area contributed by atoms with E-state index in [1.54, 1.807) is 40.8 Å². The van der Waals surface area contributed by atoms with E-state index in [1.807, 2.05) is 89.3 Å². The molecule has 139 heavy (non-hydrogen) atoms. The van der Waals surface area contributed by atoms with Crippen molar-refractivity contribution in [3.63, 3.8) is 0 Å². The Kier molecular flexibility index (Phi) is 81.2. The topological polar surface area (TPSA) is 60.7 Å². The van der Waals surface area contributed by atoms with E-state index in [-0.39, 0.29) is 6.99 Å². The molecule has 0 aliphatic heterocycles. The zero-order valence-corrected chi connectivity index (χ0v) is 131. The van der Waals surface area contributed by atoms with Crippen LogP contribution in [0.5, 0.6) is 17.2 Å². The molecule has 0 saturated heterocycles. The van der Waals surface area contributed by atoms with Crippen LogP contribution in [0.1, 0.15) is 111 Å². The van der Waals surface area contributed by atoms with Gasteiger partial charge in [0, 0.05) is 75.5 Å². The van der Waals surface area contributed by atoms with Crippen molar-refractivity contribution in [3.8, 4) is 28.4 Å². The van der Waals surface area contributed by atoms with Crippen LogP contribution in [0.2, 0.25) is 0 Å². The molecule has 1 aliphatic rings. The Bertz CT molecular complexity index is 5640. The van der Waals surface area contributed by atoms with E-state index in [2.05, 4.69) is 803 Å². The first-order valence-corrected chi connectivity index (χ1v) is 69.2. The van der Waals surface area contributed by atoms with E-state index >= 15 is 0 Å².